The van der Waals surface area contributed by atoms with Crippen LogP contribution in [-0.4, -0.2) is 19.0 Å². The Morgan fingerprint density at radius 2 is 2.24 bits per heavy atom. The van der Waals surface area contributed by atoms with Gasteiger partial charge >= 0.3 is 0 Å². The Labute approximate surface area is 112 Å². The van der Waals surface area contributed by atoms with Crippen LogP contribution in [0.2, 0.25) is 5.02 Å². The highest BCUT2D eigenvalue weighted by Gasteiger charge is 2.18. The van der Waals surface area contributed by atoms with Gasteiger partial charge in [-0.25, -0.2) is 0 Å². The summed E-state index contributed by atoms with van der Waals surface area (Å²) in [5.74, 6) is 0.504. The van der Waals surface area contributed by atoms with Crippen LogP contribution in [0.25, 0.3) is 0 Å². The number of nitrogens with one attached hydrogen (secondary N) is 2. The summed E-state index contributed by atoms with van der Waals surface area (Å²) < 4.78 is 0. The van der Waals surface area contributed by atoms with Gasteiger partial charge in [0.15, 0.2) is 0 Å². The van der Waals surface area contributed by atoms with Crippen molar-refractivity contribution < 1.29 is 4.79 Å². The van der Waals surface area contributed by atoms with Crippen molar-refractivity contribution in [3.63, 3.8) is 0 Å². The summed E-state index contributed by atoms with van der Waals surface area (Å²) in [4.78, 5) is 11.7. The fourth-order valence-corrected chi connectivity index (χ4v) is 2.10. The van der Waals surface area contributed by atoms with Crippen molar-refractivity contribution in [2.45, 2.75) is 12.8 Å². The molecule has 1 aliphatic rings. The molecule has 1 saturated heterocycles. The van der Waals surface area contributed by atoms with Gasteiger partial charge in [-0.15, -0.1) is 12.4 Å². The quantitative estimate of drug-likeness (QED) is 0.890. The smallest absolute Gasteiger partial charge is 0.224 e. The van der Waals surface area contributed by atoms with Crippen LogP contribution >= 0.6 is 24.0 Å². The van der Waals surface area contributed by atoms with Gasteiger partial charge in [-0.1, -0.05) is 23.7 Å². The average Bonchev–Trinajstić information content (AvgIpc) is 2.74. The standard InChI is InChI=1S/C12H15ClN2O.ClH/c13-10-3-1-2-4-11(10)15-12(16)7-9-5-6-14-8-9;/h1-4,9,14H,5-8H2,(H,15,16);1H. The second-order valence-corrected chi connectivity index (χ2v) is 4.50. The number of carbonyl (C=O) groups excluding carboxylic acids is 1. The fourth-order valence-electron chi connectivity index (χ4n) is 1.91. The van der Waals surface area contributed by atoms with Gasteiger partial charge in [0.2, 0.25) is 5.91 Å². The molecule has 1 aliphatic heterocycles. The van der Waals surface area contributed by atoms with E-state index < -0.39 is 0 Å². The van der Waals surface area contributed by atoms with Gasteiger partial charge in [-0.3, -0.25) is 4.79 Å². The molecule has 0 aromatic heterocycles. The van der Waals surface area contributed by atoms with Crippen molar-refractivity contribution in [2.24, 2.45) is 5.92 Å². The fraction of sp³-hybridized carbons (Fsp3) is 0.417. The minimum atomic E-state index is 0. The monoisotopic (exact) mass is 274 g/mol. The maximum absolute atomic E-state index is 11.7. The molecule has 2 N–H and O–H groups in total. The summed E-state index contributed by atoms with van der Waals surface area (Å²) in [7, 11) is 0. The molecule has 1 atom stereocenters. The van der Waals surface area contributed by atoms with Gasteiger partial charge in [-0.05, 0) is 37.6 Å². The summed E-state index contributed by atoms with van der Waals surface area (Å²) in [5, 5.41) is 6.67. The van der Waals surface area contributed by atoms with Gasteiger partial charge < -0.3 is 10.6 Å². The van der Waals surface area contributed by atoms with E-state index in [2.05, 4.69) is 10.6 Å². The zero-order valence-electron chi connectivity index (χ0n) is 9.41. The molecule has 0 spiro atoms. The number of anilines is 1. The number of halogens is 2. The first-order valence-corrected chi connectivity index (χ1v) is 5.88. The number of benzene rings is 1. The van der Waals surface area contributed by atoms with Crippen molar-refractivity contribution in [1.82, 2.24) is 5.32 Å². The molecule has 0 radical (unpaired) electrons. The molecule has 5 heteroatoms. The van der Waals surface area contributed by atoms with Crippen LogP contribution in [0, 0.1) is 5.92 Å². The van der Waals surface area contributed by atoms with E-state index in [0.717, 1.165) is 19.5 Å². The summed E-state index contributed by atoms with van der Waals surface area (Å²) in [6.07, 6.45) is 1.65. The van der Waals surface area contributed by atoms with Crippen LogP contribution in [-0.2, 0) is 4.79 Å². The third-order valence-corrected chi connectivity index (χ3v) is 3.11. The third-order valence-electron chi connectivity index (χ3n) is 2.78. The number of hydrogen-bond acceptors (Lipinski definition) is 2. The third kappa shape index (κ3) is 4.19. The van der Waals surface area contributed by atoms with E-state index in [1.54, 1.807) is 6.07 Å². The molecule has 0 bridgehead atoms. The first-order chi connectivity index (χ1) is 7.75. The van der Waals surface area contributed by atoms with Crippen LogP contribution < -0.4 is 10.6 Å². The van der Waals surface area contributed by atoms with Crippen molar-refractivity contribution in [3.8, 4) is 0 Å². The molecule has 0 aliphatic carbocycles. The van der Waals surface area contributed by atoms with Crippen LogP contribution in [0.5, 0.6) is 0 Å². The molecule has 1 fully saturated rings. The lowest BCUT2D eigenvalue weighted by Crippen LogP contribution is -2.18. The minimum Gasteiger partial charge on any atom is -0.325 e. The van der Waals surface area contributed by atoms with Crippen molar-refractivity contribution >= 4 is 35.6 Å². The highest BCUT2D eigenvalue weighted by molar-refractivity contribution is 6.33. The van der Waals surface area contributed by atoms with Gasteiger partial charge in [-0.2, -0.15) is 0 Å². The lowest BCUT2D eigenvalue weighted by molar-refractivity contribution is -0.116. The van der Waals surface area contributed by atoms with Gasteiger partial charge in [0.25, 0.3) is 0 Å². The summed E-state index contributed by atoms with van der Waals surface area (Å²) in [6, 6.07) is 7.29. The summed E-state index contributed by atoms with van der Waals surface area (Å²) in [5.41, 5.74) is 0.695. The topological polar surface area (TPSA) is 41.1 Å². The lowest BCUT2D eigenvalue weighted by Gasteiger charge is -2.10. The van der Waals surface area contributed by atoms with Crippen LogP contribution in [0.15, 0.2) is 24.3 Å². The molecule has 0 saturated carbocycles. The molecule has 1 amide bonds. The molecular formula is C12H16Cl2N2O. The van der Waals surface area contributed by atoms with E-state index in [1.807, 2.05) is 18.2 Å². The first-order valence-electron chi connectivity index (χ1n) is 5.51. The van der Waals surface area contributed by atoms with Gasteiger partial charge in [0, 0.05) is 6.42 Å². The maximum Gasteiger partial charge on any atom is 0.224 e. The largest absolute Gasteiger partial charge is 0.325 e. The Bertz CT molecular complexity index is 379. The van der Waals surface area contributed by atoms with Crippen molar-refractivity contribution in [3.05, 3.63) is 29.3 Å². The normalized spacial score (nSPS) is 18.5. The highest BCUT2D eigenvalue weighted by atomic mass is 35.5. The van der Waals surface area contributed by atoms with E-state index in [9.17, 15) is 4.79 Å². The Kier molecular flexibility index (Phi) is 5.75. The summed E-state index contributed by atoms with van der Waals surface area (Å²) >= 11 is 5.96. The Hall–Kier alpha value is -0.770. The zero-order chi connectivity index (χ0) is 11.4. The number of rotatable bonds is 3. The molecule has 1 unspecified atom stereocenters. The molecule has 1 aromatic carbocycles. The Morgan fingerprint density at radius 1 is 1.47 bits per heavy atom. The molecule has 2 rings (SSSR count). The second-order valence-electron chi connectivity index (χ2n) is 4.09. The number of para-hydroxylation sites is 1. The molecule has 94 valence electrons. The molecule has 3 nitrogen and oxygen atoms in total. The van der Waals surface area contributed by atoms with Crippen molar-refractivity contribution in [1.29, 1.82) is 0 Å². The predicted octanol–water partition coefficient (Wildman–Crippen LogP) is 2.70. The number of carbonyl (C=O) groups is 1. The maximum atomic E-state index is 11.7. The van der Waals surface area contributed by atoms with E-state index in [4.69, 9.17) is 11.6 Å². The predicted molar refractivity (Wildman–Crippen MR) is 72.9 cm³/mol. The molecule has 1 aromatic rings. The molecule has 17 heavy (non-hydrogen) atoms. The van der Waals surface area contributed by atoms with Crippen LogP contribution in [0.4, 0.5) is 5.69 Å². The highest BCUT2D eigenvalue weighted by Crippen LogP contribution is 2.21. The first kappa shape index (κ1) is 14.3. The lowest BCUT2D eigenvalue weighted by atomic mass is 10.0. The van der Waals surface area contributed by atoms with E-state index in [1.165, 1.54) is 0 Å². The van der Waals surface area contributed by atoms with Gasteiger partial charge in [0.05, 0.1) is 10.7 Å². The van der Waals surface area contributed by atoms with Crippen molar-refractivity contribution in [2.75, 3.05) is 18.4 Å². The number of hydrogen-bond donors (Lipinski definition) is 2. The number of amides is 1. The summed E-state index contributed by atoms with van der Waals surface area (Å²) in [6.45, 7) is 1.96. The zero-order valence-corrected chi connectivity index (χ0v) is 11.0. The molecule has 1 heterocycles. The molecular weight excluding hydrogens is 259 g/mol. The Balaban J connectivity index is 0.00000144. The second kappa shape index (κ2) is 6.84. The van der Waals surface area contributed by atoms with Crippen LogP contribution in [0.3, 0.4) is 0 Å². The average molecular weight is 275 g/mol. The van der Waals surface area contributed by atoms with Crippen LogP contribution in [0.1, 0.15) is 12.8 Å². The van der Waals surface area contributed by atoms with E-state index >= 15 is 0 Å². The Morgan fingerprint density at radius 3 is 2.88 bits per heavy atom. The minimum absolute atomic E-state index is 0. The van der Waals surface area contributed by atoms with Gasteiger partial charge in [0.1, 0.15) is 0 Å². The van der Waals surface area contributed by atoms with E-state index in [-0.39, 0.29) is 18.3 Å². The SMILES string of the molecule is Cl.O=C(CC1CCNC1)Nc1ccccc1Cl. The van der Waals surface area contributed by atoms with E-state index in [0.29, 0.717) is 23.0 Å².